The molecule has 0 bridgehead atoms. The maximum atomic E-state index is 12.5. The van der Waals surface area contributed by atoms with Gasteiger partial charge in [-0.3, -0.25) is 14.3 Å². The van der Waals surface area contributed by atoms with Gasteiger partial charge in [0.15, 0.2) is 11.2 Å². The minimum Gasteiger partial charge on any atom is -0.491 e. The lowest BCUT2D eigenvalue weighted by atomic mass is 10.2. The molecule has 3 rings (SSSR count). The van der Waals surface area contributed by atoms with Crippen LogP contribution in [0.5, 0.6) is 5.75 Å². The molecule has 0 radical (unpaired) electrons. The van der Waals surface area contributed by atoms with E-state index in [0.29, 0.717) is 18.2 Å². The number of anilines is 1. The van der Waals surface area contributed by atoms with Gasteiger partial charge in [-0.15, -0.1) is 0 Å². The Kier molecular flexibility index (Phi) is 6.71. The quantitative estimate of drug-likeness (QED) is 0.443. The second kappa shape index (κ2) is 9.42. The lowest BCUT2D eigenvalue weighted by Crippen LogP contribution is -2.31. The molecule has 1 atom stereocenters. The van der Waals surface area contributed by atoms with Gasteiger partial charge in [0.1, 0.15) is 18.5 Å². The van der Waals surface area contributed by atoms with Crippen LogP contribution in [0.15, 0.2) is 39.9 Å². The van der Waals surface area contributed by atoms with Gasteiger partial charge in [-0.2, -0.15) is 4.98 Å². The van der Waals surface area contributed by atoms with Gasteiger partial charge in [0.25, 0.3) is 5.56 Å². The van der Waals surface area contributed by atoms with Gasteiger partial charge < -0.3 is 19.7 Å². The van der Waals surface area contributed by atoms with Crippen LogP contribution in [0.25, 0.3) is 11.2 Å². The number of hydrogen-bond donors (Lipinski definition) is 3. The summed E-state index contributed by atoms with van der Waals surface area (Å²) in [5.74, 6) is 1.10. The summed E-state index contributed by atoms with van der Waals surface area (Å²) in [5.41, 5.74) is -0.553. The zero-order valence-electron chi connectivity index (χ0n) is 16.7. The van der Waals surface area contributed by atoms with Crippen molar-refractivity contribution in [2.45, 2.75) is 38.8 Å². The smallest absolute Gasteiger partial charge is 0.329 e. The van der Waals surface area contributed by atoms with Crippen LogP contribution < -0.4 is 21.3 Å². The Balaban J connectivity index is 1.85. The summed E-state index contributed by atoms with van der Waals surface area (Å²) in [6.45, 7) is 2.95. The number of hydrogen-bond acceptors (Lipinski definition) is 6. The summed E-state index contributed by atoms with van der Waals surface area (Å²) in [6, 6.07) is 9.20. The lowest BCUT2D eigenvalue weighted by molar-refractivity contribution is 0.0938. The number of unbranched alkanes of at least 4 members (excludes halogenated alkanes) is 2. The zero-order valence-corrected chi connectivity index (χ0v) is 16.7. The van der Waals surface area contributed by atoms with Crippen molar-refractivity contribution < 1.29 is 9.84 Å². The number of para-hydroxylation sites is 1. The molecular formula is C20H27N5O4. The van der Waals surface area contributed by atoms with E-state index in [-0.39, 0.29) is 24.3 Å². The van der Waals surface area contributed by atoms with Crippen LogP contribution in [0.2, 0.25) is 0 Å². The summed E-state index contributed by atoms with van der Waals surface area (Å²) in [5, 5.41) is 13.7. The van der Waals surface area contributed by atoms with Gasteiger partial charge in [-0.25, -0.2) is 4.79 Å². The van der Waals surface area contributed by atoms with Crippen molar-refractivity contribution in [1.82, 2.24) is 19.1 Å². The standard InChI is InChI=1S/C20H27N5O4/c1-3-4-8-11-21-19-22-17-16(18(27)23-20(28)24(17)2)25(19)12-14(26)13-29-15-9-6-5-7-10-15/h5-7,9-10,14,26H,3-4,8,11-13H2,1-2H3,(H,21,22)(H,23,27,28). The fourth-order valence-electron chi connectivity index (χ4n) is 3.10. The third-order valence-corrected chi connectivity index (χ3v) is 4.65. The summed E-state index contributed by atoms with van der Waals surface area (Å²) in [4.78, 5) is 31.1. The van der Waals surface area contributed by atoms with Gasteiger partial charge >= 0.3 is 5.69 Å². The Bertz CT molecular complexity index is 1050. The number of aryl methyl sites for hydroxylation is 1. The first-order chi connectivity index (χ1) is 14.0. The first kappa shape index (κ1) is 20.7. The summed E-state index contributed by atoms with van der Waals surface area (Å²) in [7, 11) is 1.55. The predicted molar refractivity (Wildman–Crippen MR) is 112 cm³/mol. The van der Waals surface area contributed by atoms with Crippen LogP contribution in [0.4, 0.5) is 5.95 Å². The molecule has 29 heavy (non-hydrogen) atoms. The number of fused-ring (bicyclic) bond motifs is 1. The number of imidazole rings is 1. The maximum absolute atomic E-state index is 12.5. The molecule has 3 N–H and O–H groups in total. The number of nitrogens with zero attached hydrogens (tertiary/aromatic N) is 3. The molecule has 0 aliphatic heterocycles. The maximum Gasteiger partial charge on any atom is 0.329 e. The molecular weight excluding hydrogens is 374 g/mol. The molecule has 1 aromatic carbocycles. The van der Waals surface area contributed by atoms with Gasteiger partial charge in [0.05, 0.1) is 6.54 Å². The summed E-state index contributed by atoms with van der Waals surface area (Å²) in [6.07, 6.45) is 2.23. The predicted octanol–water partition coefficient (Wildman–Crippen LogP) is 1.47. The normalized spacial score (nSPS) is 12.2. The van der Waals surface area contributed by atoms with E-state index in [1.807, 2.05) is 18.2 Å². The second-order valence-electron chi connectivity index (χ2n) is 6.95. The third-order valence-electron chi connectivity index (χ3n) is 4.65. The van der Waals surface area contributed by atoms with E-state index >= 15 is 0 Å². The number of H-pyrrole nitrogens is 1. The van der Waals surface area contributed by atoms with E-state index < -0.39 is 17.4 Å². The zero-order chi connectivity index (χ0) is 20.8. The van der Waals surface area contributed by atoms with Crippen LogP contribution >= 0.6 is 0 Å². The van der Waals surface area contributed by atoms with Crippen molar-refractivity contribution in [3.8, 4) is 5.75 Å². The van der Waals surface area contributed by atoms with Crippen LogP contribution in [0.3, 0.4) is 0 Å². The molecule has 156 valence electrons. The Morgan fingerprint density at radius 2 is 2.00 bits per heavy atom. The molecule has 0 fully saturated rings. The molecule has 0 aliphatic rings. The average molecular weight is 401 g/mol. The van der Waals surface area contributed by atoms with E-state index in [4.69, 9.17) is 4.74 Å². The number of aromatic nitrogens is 4. The molecule has 9 heteroatoms. The molecule has 0 amide bonds. The topological polar surface area (TPSA) is 114 Å². The van der Waals surface area contributed by atoms with Gasteiger partial charge in [-0.1, -0.05) is 38.0 Å². The van der Waals surface area contributed by atoms with Crippen molar-refractivity contribution in [3.05, 3.63) is 51.2 Å². The van der Waals surface area contributed by atoms with Crippen molar-refractivity contribution in [1.29, 1.82) is 0 Å². The number of aliphatic hydroxyl groups is 1. The molecule has 0 saturated heterocycles. The van der Waals surface area contributed by atoms with E-state index in [0.717, 1.165) is 19.3 Å². The van der Waals surface area contributed by atoms with Crippen LogP contribution in [-0.2, 0) is 13.6 Å². The Hall–Kier alpha value is -3.07. The second-order valence-corrected chi connectivity index (χ2v) is 6.95. The third kappa shape index (κ3) is 4.86. The Labute approximate surface area is 168 Å². The minimum atomic E-state index is -0.875. The van der Waals surface area contributed by atoms with Crippen LogP contribution in [-0.4, -0.2) is 43.5 Å². The van der Waals surface area contributed by atoms with Crippen molar-refractivity contribution in [2.75, 3.05) is 18.5 Å². The van der Waals surface area contributed by atoms with Gasteiger partial charge in [0.2, 0.25) is 5.95 Å². The molecule has 9 nitrogen and oxygen atoms in total. The number of nitrogens with one attached hydrogen (secondary N) is 2. The van der Waals surface area contributed by atoms with Gasteiger partial charge in [0, 0.05) is 13.6 Å². The average Bonchev–Trinajstić information content (AvgIpc) is 3.07. The van der Waals surface area contributed by atoms with Crippen molar-refractivity contribution in [3.63, 3.8) is 0 Å². The first-order valence-electron chi connectivity index (χ1n) is 9.80. The molecule has 0 saturated carbocycles. The first-order valence-corrected chi connectivity index (χ1v) is 9.80. The highest BCUT2D eigenvalue weighted by molar-refractivity contribution is 5.74. The van der Waals surface area contributed by atoms with E-state index in [1.54, 1.807) is 23.7 Å². The van der Waals surface area contributed by atoms with Crippen molar-refractivity contribution >= 4 is 17.1 Å². The van der Waals surface area contributed by atoms with Gasteiger partial charge in [-0.05, 0) is 18.6 Å². The van der Waals surface area contributed by atoms with E-state index in [2.05, 4.69) is 22.2 Å². The number of rotatable bonds is 10. The highest BCUT2D eigenvalue weighted by atomic mass is 16.5. The monoisotopic (exact) mass is 401 g/mol. The SMILES string of the molecule is CCCCCNc1nc2c(c(=O)[nH]c(=O)n2C)n1CC(O)COc1ccccc1. The molecule has 2 heterocycles. The minimum absolute atomic E-state index is 0.0582. The van der Waals surface area contributed by atoms with Crippen molar-refractivity contribution in [2.24, 2.45) is 7.05 Å². The number of ether oxygens (including phenoxy) is 1. The summed E-state index contributed by atoms with van der Waals surface area (Å²) < 4.78 is 8.51. The van der Waals surface area contributed by atoms with Crippen LogP contribution in [0.1, 0.15) is 26.2 Å². The number of aromatic amines is 1. The highest BCUT2D eigenvalue weighted by Crippen LogP contribution is 2.17. The molecule has 2 aromatic heterocycles. The summed E-state index contributed by atoms with van der Waals surface area (Å²) >= 11 is 0. The molecule has 0 spiro atoms. The molecule has 0 aliphatic carbocycles. The number of benzene rings is 1. The van der Waals surface area contributed by atoms with Crippen LogP contribution in [0, 0.1) is 0 Å². The Morgan fingerprint density at radius 3 is 2.72 bits per heavy atom. The van der Waals surface area contributed by atoms with E-state index in [9.17, 15) is 14.7 Å². The molecule has 3 aromatic rings. The molecule has 1 unspecified atom stereocenters. The lowest BCUT2D eigenvalue weighted by Gasteiger charge is -2.16. The Morgan fingerprint density at radius 1 is 1.24 bits per heavy atom. The fourth-order valence-corrected chi connectivity index (χ4v) is 3.10. The number of aliphatic hydroxyl groups excluding tert-OH is 1. The van der Waals surface area contributed by atoms with E-state index in [1.165, 1.54) is 4.57 Å². The highest BCUT2D eigenvalue weighted by Gasteiger charge is 2.19. The largest absolute Gasteiger partial charge is 0.491 e. The fraction of sp³-hybridized carbons (Fsp3) is 0.450.